The Hall–Kier alpha value is -3.45. The Morgan fingerprint density at radius 3 is 2.64 bits per heavy atom. The predicted molar refractivity (Wildman–Crippen MR) is 108 cm³/mol. The van der Waals surface area contributed by atoms with Gasteiger partial charge in [0, 0.05) is 0 Å². The molecule has 0 radical (unpaired) electrons. The molecule has 1 N–H and O–H groups in total. The highest BCUT2D eigenvalue weighted by Gasteiger charge is 2.28. The number of aromatic nitrogens is 1. The first-order valence-electron chi connectivity index (χ1n) is 8.66. The van der Waals surface area contributed by atoms with Crippen molar-refractivity contribution in [1.29, 1.82) is 5.41 Å². The first kappa shape index (κ1) is 17.9. The largest absolute Gasteiger partial charge is 0.462 e. The average molecular weight is 392 g/mol. The zero-order valence-electron chi connectivity index (χ0n) is 15.0. The highest BCUT2D eigenvalue weighted by molar-refractivity contribution is 7.08. The van der Waals surface area contributed by atoms with Gasteiger partial charge in [0.05, 0.1) is 16.8 Å². The van der Waals surface area contributed by atoms with Crippen LogP contribution in [0.4, 0.5) is 0 Å². The first-order valence-corrected chi connectivity index (χ1v) is 9.48. The maximum absolute atomic E-state index is 13.2. The lowest BCUT2D eigenvalue weighted by Gasteiger charge is -2.08. The molecule has 2 heterocycles. The number of para-hydroxylation sites is 2. The van der Waals surface area contributed by atoms with E-state index in [4.69, 9.17) is 14.9 Å². The van der Waals surface area contributed by atoms with Crippen LogP contribution in [0.25, 0.3) is 17.3 Å². The average Bonchev–Trinajstić information content (AvgIpc) is 2.92. The van der Waals surface area contributed by atoms with Gasteiger partial charge in [0.15, 0.2) is 11.3 Å². The number of rotatable bonds is 3. The van der Waals surface area contributed by atoms with E-state index in [1.54, 1.807) is 37.3 Å². The summed E-state index contributed by atoms with van der Waals surface area (Å²) in [4.78, 5) is 25.8. The number of nitrogens with zero attached hydrogens (tertiary/aromatic N) is 1. The Kier molecular flexibility index (Phi) is 4.67. The molecule has 2 aromatic carbocycles. The van der Waals surface area contributed by atoms with Crippen LogP contribution in [0.1, 0.15) is 12.5 Å². The zero-order chi connectivity index (χ0) is 19.7. The maximum atomic E-state index is 13.2. The fourth-order valence-corrected chi connectivity index (χ4v) is 4.07. The van der Waals surface area contributed by atoms with E-state index in [-0.39, 0.29) is 23.6 Å². The molecule has 1 aliphatic heterocycles. The van der Waals surface area contributed by atoms with Crippen LogP contribution in [-0.4, -0.2) is 23.0 Å². The highest BCUT2D eigenvalue weighted by Crippen LogP contribution is 2.24. The molecular weight excluding hydrogens is 376 g/mol. The van der Waals surface area contributed by atoms with Crippen LogP contribution in [0.3, 0.4) is 0 Å². The van der Waals surface area contributed by atoms with Gasteiger partial charge < -0.3 is 9.47 Å². The van der Waals surface area contributed by atoms with Gasteiger partial charge in [-0.3, -0.25) is 14.8 Å². The molecule has 7 heteroatoms. The van der Waals surface area contributed by atoms with Crippen molar-refractivity contribution in [3.05, 3.63) is 79.7 Å². The van der Waals surface area contributed by atoms with Crippen LogP contribution in [0, 0.1) is 5.41 Å². The number of ether oxygens (including phenoxy) is 2. The summed E-state index contributed by atoms with van der Waals surface area (Å²) in [5.74, 6) is -0.703. The molecule has 6 nitrogen and oxygen atoms in total. The second-order valence-electron chi connectivity index (χ2n) is 5.96. The Morgan fingerprint density at radius 1 is 1.18 bits per heavy atom. The van der Waals surface area contributed by atoms with Crippen LogP contribution >= 0.6 is 11.3 Å². The fourth-order valence-electron chi connectivity index (χ4n) is 2.94. The van der Waals surface area contributed by atoms with E-state index in [9.17, 15) is 9.59 Å². The quantitative estimate of drug-likeness (QED) is 0.690. The Balaban J connectivity index is 2.10. The molecule has 0 unspecified atom stereocenters. The summed E-state index contributed by atoms with van der Waals surface area (Å²) in [5, 5.41) is 8.28. The number of thiazole rings is 1. The fraction of sp³-hybridized carbons (Fsp3) is 0.0952. The summed E-state index contributed by atoms with van der Waals surface area (Å²) in [6.07, 6.45) is 1.77. The Morgan fingerprint density at radius 2 is 1.89 bits per heavy atom. The number of fused-ring (bicyclic) bond motifs is 3. The van der Waals surface area contributed by atoms with Gasteiger partial charge in [-0.25, -0.2) is 4.79 Å². The van der Waals surface area contributed by atoms with Gasteiger partial charge in [0.25, 0.3) is 5.56 Å². The van der Waals surface area contributed by atoms with Gasteiger partial charge in [-0.15, -0.1) is 11.3 Å². The van der Waals surface area contributed by atoms with E-state index >= 15 is 0 Å². The molecule has 3 aromatic rings. The lowest BCUT2D eigenvalue weighted by Crippen LogP contribution is -2.32. The first-order chi connectivity index (χ1) is 13.6. The third-order valence-electron chi connectivity index (χ3n) is 4.16. The molecule has 0 amide bonds. The minimum atomic E-state index is -0.693. The van der Waals surface area contributed by atoms with Crippen molar-refractivity contribution < 1.29 is 14.3 Å². The zero-order valence-corrected chi connectivity index (χ0v) is 15.8. The normalized spacial score (nSPS) is 13.4. The smallest absolute Gasteiger partial charge is 0.346 e. The van der Waals surface area contributed by atoms with Crippen molar-refractivity contribution in [3.63, 3.8) is 0 Å². The van der Waals surface area contributed by atoms with Crippen LogP contribution in [0.2, 0.25) is 0 Å². The lowest BCUT2D eigenvalue weighted by molar-refractivity contribution is -0.136. The molecule has 1 aliphatic rings. The Labute approximate surface area is 164 Å². The van der Waals surface area contributed by atoms with E-state index in [1.807, 2.05) is 30.3 Å². The molecule has 0 spiro atoms. The molecule has 0 saturated heterocycles. The van der Waals surface area contributed by atoms with E-state index in [1.165, 1.54) is 4.57 Å². The number of nitrogens with one attached hydrogen (secondary N) is 1. The molecule has 28 heavy (non-hydrogen) atoms. The van der Waals surface area contributed by atoms with Crippen molar-refractivity contribution >= 4 is 34.9 Å². The van der Waals surface area contributed by atoms with E-state index in [2.05, 4.69) is 0 Å². The molecule has 1 aromatic heterocycles. The third-order valence-corrected chi connectivity index (χ3v) is 5.25. The lowest BCUT2D eigenvalue weighted by atomic mass is 10.2. The van der Waals surface area contributed by atoms with Gasteiger partial charge in [0.1, 0.15) is 4.66 Å². The molecular formula is C21H16N2O4S. The molecule has 0 fully saturated rings. The Bertz CT molecular complexity index is 1260. The molecule has 4 rings (SSSR count). The second kappa shape index (κ2) is 7.28. The van der Waals surface area contributed by atoms with E-state index in [0.29, 0.717) is 20.6 Å². The molecule has 0 aliphatic carbocycles. The summed E-state index contributed by atoms with van der Waals surface area (Å²) in [5.41, 5.74) is 1.01. The number of carbonyl (C=O) groups is 1. The third kappa shape index (κ3) is 3.05. The van der Waals surface area contributed by atoms with E-state index < -0.39 is 5.97 Å². The van der Waals surface area contributed by atoms with Gasteiger partial charge >= 0.3 is 5.97 Å². The van der Waals surface area contributed by atoms with Crippen molar-refractivity contribution in [2.75, 3.05) is 6.61 Å². The summed E-state index contributed by atoms with van der Waals surface area (Å²) in [6.45, 7) is 1.84. The van der Waals surface area contributed by atoms with Crippen LogP contribution in [0.5, 0.6) is 5.75 Å². The maximum Gasteiger partial charge on any atom is 0.346 e. The number of hydrogen-bond donors (Lipinski definition) is 1. The second-order valence-corrected chi connectivity index (χ2v) is 6.99. The predicted octanol–water partition coefficient (Wildman–Crippen LogP) is 1.81. The van der Waals surface area contributed by atoms with Gasteiger partial charge in [-0.05, 0) is 30.7 Å². The van der Waals surface area contributed by atoms with Crippen molar-refractivity contribution in [2.24, 2.45) is 0 Å². The SMILES string of the molecule is CCOC(=O)C1=c2sc(=Cc3ccccc3)c(=O)n2-c2ccccc2OC1=N. The molecule has 0 bridgehead atoms. The van der Waals surface area contributed by atoms with E-state index in [0.717, 1.165) is 16.9 Å². The number of hydrogen-bond acceptors (Lipinski definition) is 6. The van der Waals surface area contributed by atoms with Crippen LogP contribution in [-0.2, 0) is 9.53 Å². The van der Waals surface area contributed by atoms with Crippen molar-refractivity contribution in [2.45, 2.75) is 6.92 Å². The molecule has 0 saturated carbocycles. The molecule has 140 valence electrons. The highest BCUT2D eigenvalue weighted by atomic mass is 32.1. The summed E-state index contributed by atoms with van der Waals surface area (Å²) in [6, 6.07) is 16.4. The van der Waals surface area contributed by atoms with Crippen LogP contribution < -0.4 is 19.5 Å². The van der Waals surface area contributed by atoms with Gasteiger partial charge in [-0.2, -0.15) is 0 Å². The van der Waals surface area contributed by atoms with Crippen molar-refractivity contribution in [1.82, 2.24) is 4.57 Å². The molecule has 0 atom stereocenters. The summed E-state index contributed by atoms with van der Waals surface area (Å²) >= 11 is 1.14. The van der Waals surface area contributed by atoms with Gasteiger partial charge in [-0.1, -0.05) is 42.5 Å². The summed E-state index contributed by atoms with van der Waals surface area (Å²) < 4.78 is 12.9. The van der Waals surface area contributed by atoms with Crippen molar-refractivity contribution in [3.8, 4) is 11.4 Å². The topological polar surface area (TPSA) is 81.4 Å². The standard InChI is InChI=1S/C21H16N2O4S/c1-2-26-21(25)17-18(22)27-15-11-7-6-10-14(15)23-19(24)16(28-20(17)23)12-13-8-4-3-5-9-13/h3-12,22H,2H2,1H3. The van der Waals surface area contributed by atoms with Crippen LogP contribution in [0.15, 0.2) is 59.4 Å². The number of esters is 1. The number of benzene rings is 2. The monoisotopic (exact) mass is 392 g/mol. The minimum Gasteiger partial charge on any atom is -0.462 e. The minimum absolute atomic E-state index is 0.0622. The number of carbonyl (C=O) groups excluding carboxylic acids is 1. The summed E-state index contributed by atoms with van der Waals surface area (Å²) in [7, 11) is 0. The van der Waals surface area contributed by atoms with Gasteiger partial charge in [0.2, 0.25) is 5.90 Å².